The highest BCUT2D eigenvalue weighted by molar-refractivity contribution is 7.09. The predicted molar refractivity (Wildman–Crippen MR) is 175 cm³/mol. The van der Waals surface area contributed by atoms with Gasteiger partial charge in [0.2, 0.25) is 11.8 Å². The lowest BCUT2D eigenvalue weighted by molar-refractivity contribution is -0.122. The number of thiazole rings is 1. The SMILES string of the molecule is CC(C)[C@@H]1NC(=O)CN(C(=O)c2cccc(CN)c2)CCNC(=O)c2coc(n2)[C@H](Cc2ccccc2)NC(=O)c2csc1n2.Cl. The summed E-state index contributed by atoms with van der Waals surface area (Å²) in [5.74, 6) is -1.67. The normalized spacial score (nSPS) is 17.7. The Balaban J connectivity index is 0.00000480. The number of hydrogen-bond acceptors (Lipinski definition) is 9. The van der Waals surface area contributed by atoms with E-state index in [0.29, 0.717) is 17.0 Å². The highest BCUT2D eigenvalue weighted by Gasteiger charge is 2.28. The maximum Gasteiger partial charge on any atom is 0.273 e. The zero-order valence-electron chi connectivity index (χ0n) is 25.4. The number of carbonyl (C=O) groups excluding carboxylic acids is 4. The van der Waals surface area contributed by atoms with Gasteiger partial charge in [0.15, 0.2) is 5.69 Å². The minimum absolute atomic E-state index is 0. The van der Waals surface area contributed by atoms with E-state index in [-0.39, 0.29) is 67.7 Å². The van der Waals surface area contributed by atoms with Crippen molar-refractivity contribution in [2.45, 2.75) is 38.9 Å². The molecule has 0 aliphatic carbocycles. The molecule has 0 spiro atoms. The number of benzene rings is 2. The van der Waals surface area contributed by atoms with Crippen LogP contribution in [0, 0.1) is 5.92 Å². The maximum atomic E-state index is 13.6. The molecule has 0 radical (unpaired) electrons. The number of oxazole rings is 1. The van der Waals surface area contributed by atoms with E-state index in [1.54, 1.807) is 23.6 Å². The minimum atomic E-state index is -0.691. The minimum Gasteiger partial charge on any atom is -0.446 e. The second-order valence-corrected chi connectivity index (χ2v) is 11.9. The van der Waals surface area contributed by atoms with Crippen molar-refractivity contribution in [1.82, 2.24) is 30.8 Å². The van der Waals surface area contributed by atoms with Crippen LogP contribution in [0.15, 0.2) is 70.7 Å². The van der Waals surface area contributed by atoms with Crippen LogP contribution in [0.25, 0.3) is 0 Å². The van der Waals surface area contributed by atoms with E-state index in [9.17, 15) is 19.2 Å². The average molecular weight is 666 g/mol. The van der Waals surface area contributed by atoms with Crippen LogP contribution in [-0.4, -0.2) is 58.1 Å². The maximum absolute atomic E-state index is 13.6. The number of carbonyl (C=O) groups is 4. The topological polar surface area (TPSA) is 173 Å². The van der Waals surface area contributed by atoms with Crippen LogP contribution in [0.2, 0.25) is 0 Å². The molecule has 14 heteroatoms. The number of aromatic nitrogens is 2. The van der Waals surface area contributed by atoms with Crippen LogP contribution in [0.1, 0.15) is 79.3 Å². The fraction of sp³-hybridized carbons (Fsp3) is 0.312. The first kappa shape index (κ1) is 34.3. The molecular formula is C32H36ClN7O5S. The molecule has 5 N–H and O–H groups in total. The highest BCUT2D eigenvalue weighted by atomic mass is 35.5. The molecule has 0 fully saturated rings. The second kappa shape index (κ2) is 15.6. The molecule has 1 aliphatic rings. The van der Waals surface area contributed by atoms with Crippen molar-refractivity contribution in [2.75, 3.05) is 19.6 Å². The van der Waals surface area contributed by atoms with Gasteiger partial charge in [-0.1, -0.05) is 56.3 Å². The summed E-state index contributed by atoms with van der Waals surface area (Å²) in [5.41, 5.74) is 8.04. The lowest BCUT2D eigenvalue weighted by atomic mass is 10.0. The van der Waals surface area contributed by atoms with Gasteiger partial charge >= 0.3 is 0 Å². The van der Waals surface area contributed by atoms with Gasteiger partial charge in [-0.2, -0.15) is 0 Å². The lowest BCUT2D eigenvalue weighted by Gasteiger charge is -2.25. The van der Waals surface area contributed by atoms with E-state index >= 15 is 0 Å². The van der Waals surface area contributed by atoms with Gasteiger partial charge in [0.1, 0.15) is 23.0 Å². The summed E-state index contributed by atoms with van der Waals surface area (Å²) in [5, 5.41) is 10.9. The molecular weight excluding hydrogens is 630 g/mol. The summed E-state index contributed by atoms with van der Waals surface area (Å²) >= 11 is 1.26. The summed E-state index contributed by atoms with van der Waals surface area (Å²) in [4.78, 5) is 63.7. The molecule has 0 saturated heterocycles. The van der Waals surface area contributed by atoms with Gasteiger partial charge < -0.3 is 31.0 Å². The van der Waals surface area contributed by atoms with Crippen LogP contribution in [0.5, 0.6) is 0 Å². The molecule has 12 nitrogen and oxygen atoms in total. The Kier molecular flexibility index (Phi) is 11.6. The monoisotopic (exact) mass is 665 g/mol. The Morgan fingerprint density at radius 1 is 1.02 bits per heavy atom. The first-order chi connectivity index (χ1) is 21.7. The molecule has 4 aromatic rings. The molecule has 242 valence electrons. The van der Waals surface area contributed by atoms with Crippen molar-refractivity contribution in [1.29, 1.82) is 0 Å². The van der Waals surface area contributed by atoms with Crippen molar-refractivity contribution in [3.05, 3.63) is 105 Å². The van der Waals surface area contributed by atoms with Gasteiger partial charge in [0, 0.05) is 37.0 Å². The number of hydrogen-bond donors (Lipinski definition) is 4. The number of rotatable bonds is 5. The van der Waals surface area contributed by atoms with Crippen LogP contribution in [0.3, 0.4) is 0 Å². The zero-order chi connectivity index (χ0) is 31.9. The fourth-order valence-electron chi connectivity index (χ4n) is 4.94. The van der Waals surface area contributed by atoms with Crippen molar-refractivity contribution in [3.8, 4) is 0 Å². The second-order valence-electron chi connectivity index (χ2n) is 11.0. The van der Waals surface area contributed by atoms with E-state index in [1.165, 1.54) is 22.5 Å². The fourth-order valence-corrected chi connectivity index (χ4v) is 5.96. The van der Waals surface area contributed by atoms with Crippen LogP contribution >= 0.6 is 23.7 Å². The molecule has 4 amide bonds. The van der Waals surface area contributed by atoms with Gasteiger partial charge in [-0.3, -0.25) is 19.2 Å². The lowest BCUT2D eigenvalue weighted by Crippen LogP contribution is -2.45. The van der Waals surface area contributed by atoms with E-state index in [0.717, 1.165) is 11.1 Å². The highest BCUT2D eigenvalue weighted by Crippen LogP contribution is 2.26. The number of nitrogens with zero attached hydrogens (tertiary/aromatic N) is 3. The molecule has 2 aromatic carbocycles. The number of halogens is 1. The van der Waals surface area contributed by atoms with Crippen LogP contribution < -0.4 is 21.7 Å². The Morgan fingerprint density at radius 2 is 1.78 bits per heavy atom. The van der Waals surface area contributed by atoms with Crippen LogP contribution in [0.4, 0.5) is 0 Å². The third-order valence-electron chi connectivity index (χ3n) is 7.34. The third-order valence-corrected chi connectivity index (χ3v) is 8.27. The Bertz CT molecular complexity index is 1680. The van der Waals surface area contributed by atoms with E-state index in [2.05, 4.69) is 25.9 Å². The zero-order valence-corrected chi connectivity index (χ0v) is 27.0. The summed E-state index contributed by atoms with van der Waals surface area (Å²) < 4.78 is 5.69. The quantitative estimate of drug-likeness (QED) is 0.251. The van der Waals surface area contributed by atoms with E-state index < -0.39 is 29.8 Å². The average Bonchev–Trinajstić information content (AvgIpc) is 3.74. The van der Waals surface area contributed by atoms with Crippen molar-refractivity contribution in [2.24, 2.45) is 11.7 Å². The summed E-state index contributed by atoms with van der Waals surface area (Å²) in [6.45, 7) is 3.96. The molecule has 0 unspecified atom stereocenters. The Morgan fingerprint density at radius 3 is 2.52 bits per heavy atom. The molecule has 3 heterocycles. The van der Waals surface area contributed by atoms with Crippen molar-refractivity contribution >= 4 is 47.4 Å². The number of nitrogens with two attached hydrogens (primary N) is 1. The molecule has 0 saturated carbocycles. The largest absolute Gasteiger partial charge is 0.446 e. The Labute approximate surface area is 276 Å². The van der Waals surface area contributed by atoms with Gasteiger partial charge in [-0.25, -0.2) is 9.97 Å². The molecule has 2 atom stereocenters. The number of nitrogens with one attached hydrogen (secondary N) is 3. The molecule has 5 rings (SSSR count). The van der Waals surface area contributed by atoms with Gasteiger partial charge in [-0.15, -0.1) is 23.7 Å². The van der Waals surface area contributed by atoms with Gasteiger partial charge in [0.25, 0.3) is 17.7 Å². The van der Waals surface area contributed by atoms with E-state index in [1.807, 2.05) is 50.2 Å². The summed E-state index contributed by atoms with van der Waals surface area (Å²) in [7, 11) is 0. The first-order valence-electron chi connectivity index (χ1n) is 14.6. The summed E-state index contributed by atoms with van der Waals surface area (Å²) in [6.07, 6.45) is 1.59. The van der Waals surface area contributed by atoms with E-state index in [4.69, 9.17) is 10.2 Å². The molecule has 2 aromatic heterocycles. The molecule has 46 heavy (non-hydrogen) atoms. The van der Waals surface area contributed by atoms with Crippen molar-refractivity contribution in [3.63, 3.8) is 0 Å². The van der Waals surface area contributed by atoms with Gasteiger partial charge in [-0.05, 0) is 29.2 Å². The van der Waals surface area contributed by atoms with Crippen LogP contribution in [-0.2, 0) is 17.8 Å². The summed E-state index contributed by atoms with van der Waals surface area (Å²) in [6, 6.07) is 15.2. The van der Waals surface area contributed by atoms with Gasteiger partial charge in [0.05, 0.1) is 12.6 Å². The smallest absolute Gasteiger partial charge is 0.273 e. The molecule has 1 aliphatic heterocycles. The molecule has 4 bridgehead atoms. The number of fused-ring (bicyclic) bond motifs is 4. The third kappa shape index (κ3) is 8.36. The first-order valence-corrected chi connectivity index (χ1v) is 15.5. The Hall–Kier alpha value is -4.59. The standard InChI is InChI=1S/C32H35N7O5S.ClH/c1-19(2)27-31-37-25(18-45-31)29(42)35-23(14-20-7-4-3-5-8-20)30-36-24(17-44-30)28(41)34-11-12-39(16-26(40)38-27)32(43)22-10-6-9-21(13-22)15-33;/h3-10,13,17-19,23,27H,11-12,14-16,33H2,1-2H3,(H,34,41)(H,35,42)(H,38,40);1H/t23-,27-;/m0./s1. The van der Waals surface area contributed by atoms with Crippen molar-refractivity contribution < 1.29 is 23.6 Å². The number of amides is 4. The predicted octanol–water partition coefficient (Wildman–Crippen LogP) is 3.42.